The summed E-state index contributed by atoms with van der Waals surface area (Å²) in [6, 6.07) is 9.68. The first-order valence-electron chi connectivity index (χ1n) is 7.30. The van der Waals surface area contributed by atoms with Crippen molar-refractivity contribution in [1.82, 2.24) is 4.90 Å². The number of ether oxygens (including phenoxy) is 2. The number of methoxy groups -OCH3 is 1. The zero-order valence-electron chi connectivity index (χ0n) is 12.5. The van der Waals surface area contributed by atoms with Crippen LogP contribution in [0.2, 0.25) is 0 Å². The molecule has 3 rings (SSSR count). The number of benzene rings is 2. The third-order valence-electron chi connectivity index (χ3n) is 4.02. The number of fused-ring (bicyclic) bond motifs is 1. The molecule has 1 N–H and O–H groups in total. The molecule has 4 heteroatoms. The molecule has 0 saturated carbocycles. The molecular weight excluding hydrogens is 266 g/mol. The molecule has 0 spiro atoms. The number of morpholine rings is 1. The number of nitrogens with zero attached hydrogens (tertiary/aromatic N) is 1. The van der Waals surface area contributed by atoms with Crippen molar-refractivity contribution in [2.24, 2.45) is 0 Å². The molecule has 0 radical (unpaired) electrons. The lowest BCUT2D eigenvalue weighted by Crippen LogP contribution is -2.40. The van der Waals surface area contributed by atoms with Gasteiger partial charge in [-0.25, -0.2) is 0 Å². The zero-order valence-corrected chi connectivity index (χ0v) is 12.5. The van der Waals surface area contributed by atoms with Crippen LogP contribution in [-0.2, 0) is 11.3 Å². The maximum atomic E-state index is 10.3. The molecule has 1 atom stereocenters. The van der Waals surface area contributed by atoms with E-state index < -0.39 is 0 Å². The van der Waals surface area contributed by atoms with Crippen molar-refractivity contribution in [3.05, 3.63) is 35.9 Å². The van der Waals surface area contributed by atoms with Crippen LogP contribution in [-0.4, -0.2) is 42.9 Å². The molecule has 1 unspecified atom stereocenters. The summed E-state index contributed by atoms with van der Waals surface area (Å²) in [7, 11) is 1.66. The van der Waals surface area contributed by atoms with E-state index in [0.29, 0.717) is 5.75 Å². The van der Waals surface area contributed by atoms with Gasteiger partial charge in [0.15, 0.2) is 0 Å². The zero-order chi connectivity index (χ0) is 14.8. The summed E-state index contributed by atoms with van der Waals surface area (Å²) in [5, 5.41) is 12.4. The lowest BCUT2D eigenvalue weighted by Gasteiger charge is -2.31. The van der Waals surface area contributed by atoms with Crippen LogP contribution in [0.1, 0.15) is 12.5 Å². The maximum Gasteiger partial charge on any atom is 0.120 e. The standard InChI is InChI=1S/C17H21NO3/c1-12-10-18(7-8-21-12)11-16-15-9-14(20-2)5-3-13(15)4-6-17(16)19/h3-6,9,12,19H,7-8,10-11H2,1-2H3. The summed E-state index contributed by atoms with van der Waals surface area (Å²) < 4.78 is 10.9. The third-order valence-corrected chi connectivity index (χ3v) is 4.02. The van der Waals surface area contributed by atoms with Gasteiger partial charge < -0.3 is 14.6 Å². The Balaban J connectivity index is 1.97. The molecular formula is C17H21NO3. The fraction of sp³-hybridized carbons (Fsp3) is 0.412. The Morgan fingerprint density at radius 1 is 1.33 bits per heavy atom. The molecule has 0 amide bonds. The second-order valence-electron chi connectivity index (χ2n) is 5.57. The second-order valence-corrected chi connectivity index (χ2v) is 5.57. The van der Waals surface area contributed by atoms with Crippen molar-refractivity contribution in [3.63, 3.8) is 0 Å². The van der Waals surface area contributed by atoms with Crippen molar-refractivity contribution < 1.29 is 14.6 Å². The van der Waals surface area contributed by atoms with E-state index in [-0.39, 0.29) is 6.10 Å². The Labute approximate surface area is 124 Å². The highest BCUT2D eigenvalue weighted by Gasteiger charge is 2.19. The Morgan fingerprint density at radius 3 is 2.90 bits per heavy atom. The SMILES string of the molecule is COc1ccc2ccc(O)c(CN3CCOC(C)C3)c2c1. The van der Waals surface area contributed by atoms with Gasteiger partial charge in [-0.05, 0) is 35.9 Å². The molecule has 1 aliphatic rings. The van der Waals surface area contributed by atoms with Crippen molar-refractivity contribution >= 4 is 10.8 Å². The van der Waals surface area contributed by atoms with Crippen LogP contribution in [0.5, 0.6) is 11.5 Å². The fourth-order valence-electron chi connectivity index (χ4n) is 2.90. The number of phenolic OH excluding ortho intramolecular Hbond substituents is 1. The van der Waals surface area contributed by atoms with Crippen LogP contribution >= 0.6 is 0 Å². The van der Waals surface area contributed by atoms with Crippen molar-refractivity contribution in [2.45, 2.75) is 19.6 Å². The predicted molar refractivity (Wildman–Crippen MR) is 82.9 cm³/mol. The Kier molecular flexibility index (Phi) is 3.99. The van der Waals surface area contributed by atoms with Gasteiger partial charge in [0.2, 0.25) is 0 Å². The first kappa shape index (κ1) is 14.2. The van der Waals surface area contributed by atoms with Crippen molar-refractivity contribution in [3.8, 4) is 11.5 Å². The molecule has 112 valence electrons. The fourth-order valence-corrected chi connectivity index (χ4v) is 2.90. The first-order valence-corrected chi connectivity index (χ1v) is 7.30. The van der Waals surface area contributed by atoms with Gasteiger partial charge in [0.25, 0.3) is 0 Å². The highest BCUT2D eigenvalue weighted by atomic mass is 16.5. The van der Waals surface area contributed by atoms with Gasteiger partial charge in [0.05, 0.1) is 19.8 Å². The molecule has 0 aromatic heterocycles. The van der Waals surface area contributed by atoms with Gasteiger partial charge in [-0.15, -0.1) is 0 Å². The van der Waals surface area contributed by atoms with Crippen molar-refractivity contribution in [1.29, 1.82) is 0 Å². The van der Waals surface area contributed by atoms with Gasteiger partial charge in [-0.3, -0.25) is 4.90 Å². The Morgan fingerprint density at radius 2 is 2.14 bits per heavy atom. The quantitative estimate of drug-likeness (QED) is 0.942. The molecule has 21 heavy (non-hydrogen) atoms. The molecule has 1 saturated heterocycles. The lowest BCUT2D eigenvalue weighted by atomic mass is 10.0. The summed E-state index contributed by atoms with van der Waals surface area (Å²) in [5.41, 5.74) is 0.959. The normalized spacial score (nSPS) is 19.8. The number of phenols is 1. The van der Waals surface area contributed by atoms with Gasteiger partial charge in [-0.2, -0.15) is 0 Å². The van der Waals surface area contributed by atoms with Crippen LogP contribution in [0.25, 0.3) is 10.8 Å². The minimum absolute atomic E-state index is 0.241. The molecule has 1 aliphatic heterocycles. The third kappa shape index (κ3) is 2.96. The van der Waals surface area contributed by atoms with Gasteiger partial charge in [0, 0.05) is 25.2 Å². The van der Waals surface area contributed by atoms with Crippen LogP contribution in [0.4, 0.5) is 0 Å². The van der Waals surface area contributed by atoms with E-state index in [1.807, 2.05) is 24.3 Å². The van der Waals surface area contributed by atoms with Gasteiger partial charge in [-0.1, -0.05) is 12.1 Å². The van der Waals surface area contributed by atoms with E-state index in [1.54, 1.807) is 13.2 Å². The number of rotatable bonds is 3. The highest BCUT2D eigenvalue weighted by Crippen LogP contribution is 2.31. The van der Waals surface area contributed by atoms with Crippen LogP contribution in [0.3, 0.4) is 0 Å². The first-order chi connectivity index (χ1) is 10.2. The Bertz CT molecular complexity index is 641. The maximum absolute atomic E-state index is 10.3. The Hall–Kier alpha value is -1.78. The molecule has 0 bridgehead atoms. The molecule has 2 aromatic rings. The number of hydrogen-bond acceptors (Lipinski definition) is 4. The average molecular weight is 287 g/mol. The molecule has 1 heterocycles. The number of hydrogen-bond donors (Lipinski definition) is 1. The smallest absolute Gasteiger partial charge is 0.120 e. The van der Waals surface area contributed by atoms with E-state index in [9.17, 15) is 5.11 Å². The monoisotopic (exact) mass is 287 g/mol. The van der Waals surface area contributed by atoms with Crippen LogP contribution in [0, 0.1) is 0 Å². The van der Waals surface area contributed by atoms with E-state index in [0.717, 1.165) is 48.3 Å². The topological polar surface area (TPSA) is 41.9 Å². The average Bonchev–Trinajstić information content (AvgIpc) is 2.50. The van der Waals surface area contributed by atoms with Gasteiger partial charge in [0.1, 0.15) is 11.5 Å². The van der Waals surface area contributed by atoms with Crippen LogP contribution in [0.15, 0.2) is 30.3 Å². The van der Waals surface area contributed by atoms with E-state index in [1.165, 1.54) is 0 Å². The minimum Gasteiger partial charge on any atom is -0.508 e. The molecule has 0 aliphatic carbocycles. The summed E-state index contributed by atoms with van der Waals surface area (Å²) in [6.07, 6.45) is 0.241. The van der Waals surface area contributed by atoms with E-state index in [2.05, 4.69) is 11.8 Å². The number of aromatic hydroxyl groups is 1. The second kappa shape index (κ2) is 5.92. The minimum atomic E-state index is 0.241. The molecule has 1 fully saturated rings. The van der Waals surface area contributed by atoms with Gasteiger partial charge >= 0.3 is 0 Å². The van der Waals surface area contributed by atoms with E-state index in [4.69, 9.17) is 9.47 Å². The summed E-state index contributed by atoms with van der Waals surface area (Å²) in [5.74, 6) is 1.15. The van der Waals surface area contributed by atoms with E-state index >= 15 is 0 Å². The molecule has 2 aromatic carbocycles. The summed E-state index contributed by atoms with van der Waals surface area (Å²) in [4.78, 5) is 2.32. The highest BCUT2D eigenvalue weighted by molar-refractivity contribution is 5.88. The lowest BCUT2D eigenvalue weighted by molar-refractivity contribution is -0.0212. The largest absolute Gasteiger partial charge is 0.508 e. The predicted octanol–water partition coefficient (Wildman–Crippen LogP) is 2.77. The molecule has 4 nitrogen and oxygen atoms in total. The van der Waals surface area contributed by atoms with Crippen LogP contribution < -0.4 is 4.74 Å². The summed E-state index contributed by atoms with van der Waals surface area (Å²) in [6.45, 7) is 5.34. The van der Waals surface area contributed by atoms with Crippen molar-refractivity contribution in [2.75, 3.05) is 26.8 Å². The summed E-state index contributed by atoms with van der Waals surface area (Å²) >= 11 is 0.